The van der Waals surface area contributed by atoms with Gasteiger partial charge in [-0.3, -0.25) is 9.69 Å². The van der Waals surface area contributed by atoms with Crippen LogP contribution in [0.15, 0.2) is 18.2 Å². The molecule has 1 unspecified atom stereocenters. The van der Waals surface area contributed by atoms with E-state index in [1.54, 1.807) is 17.0 Å². The Morgan fingerprint density at radius 1 is 1.37 bits per heavy atom. The first kappa shape index (κ1) is 19.3. The third kappa shape index (κ3) is 4.47. The van der Waals surface area contributed by atoms with Gasteiger partial charge in [0, 0.05) is 26.2 Å². The van der Waals surface area contributed by atoms with E-state index < -0.39 is 11.9 Å². The summed E-state index contributed by atoms with van der Waals surface area (Å²) in [7, 11) is 0. The Kier molecular flexibility index (Phi) is 6.10. The van der Waals surface area contributed by atoms with E-state index in [9.17, 15) is 14.0 Å². The van der Waals surface area contributed by atoms with Crippen LogP contribution in [0.4, 0.5) is 20.6 Å². The fraction of sp³-hybridized carbons (Fsp3) is 0.500. The van der Waals surface area contributed by atoms with E-state index in [0.717, 1.165) is 17.8 Å². The van der Waals surface area contributed by atoms with Gasteiger partial charge in [0.25, 0.3) is 0 Å². The van der Waals surface area contributed by atoms with Crippen molar-refractivity contribution in [3.63, 3.8) is 0 Å². The maximum atomic E-state index is 14.7. The summed E-state index contributed by atoms with van der Waals surface area (Å²) >= 11 is 5.11. The van der Waals surface area contributed by atoms with Crippen LogP contribution in [-0.4, -0.2) is 67.8 Å². The number of halogens is 1. The summed E-state index contributed by atoms with van der Waals surface area (Å²) in [6.45, 7) is 5.02. The van der Waals surface area contributed by atoms with Crippen LogP contribution in [0.2, 0.25) is 0 Å². The van der Waals surface area contributed by atoms with Crippen molar-refractivity contribution in [1.29, 1.82) is 0 Å². The van der Waals surface area contributed by atoms with Crippen molar-refractivity contribution in [2.24, 2.45) is 0 Å². The highest BCUT2D eigenvalue weighted by molar-refractivity contribution is 7.80. The van der Waals surface area contributed by atoms with Gasteiger partial charge in [0.2, 0.25) is 6.41 Å². The van der Waals surface area contributed by atoms with Crippen molar-refractivity contribution in [2.75, 3.05) is 49.1 Å². The molecule has 2 aliphatic rings. The molecule has 2 fully saturated rings. The van der Waals surface area contributed by atoms with Crippen LogP contribution < -0.4 is 15.1 Å². The standard InChI is InChI=1S/C18H23FN4O3S/c1-2-17(27)20-10-14-11-23(18(25)26-14)13-3-4-16(15(19)9-13)22-7-5-21(12-24)6-8-22/h3-4,9,12,14H,2,5-8,10-11H2,1H3,(H,20,27). The fourth-order valence-electron chi connectivity index (χ4n) is 3.18. The van der Waals surface area contributed by atoms with Crippen LogP contribution in [-0.2, 0) is 9.53 Å². The number of anilines is 2. The second-order valence-corrected chi connectivity index (χ2v) is 7.03. The smallest absolute Gasteiger partial charge is 0.414 e. The monoisotopic (exact) mass is 394 g/mol. The topological polar surface area (TPSA) is 65.1 Å². The molecule has 1 aromatic carbocycles. The Morgan fingerprint density at radius 3 is 2.74 bits per heavy atom. The number of hydrogen-bond acceptors (Lipinski definition) is 5. The highest BCUT2D eigenvalue weighted by atomic mass is 32.1. The van der Waals surface area contributed by atoms with Gasteiger partial charge in [-0.1, -0.05) is 19.1 Å². The van der Waals surface area contributed by atoms with Crippen LogP contribution in [0.25, 0.3) is 0 Å². The highest BCUT2D eigenvalue weighted by Gasteiger charge is 2.33. The second kappa shape index (κ2) is 8.51. The van der Waals surface area contributed by atoms with Crippen LogP contribution in [0.5, 0.6) is 0 Å². The second-order valence-electron chi connectivity index (χ2n) is 6.54. The van der Waals surface area contributed by atoms with Crippen molar-refractivity contribution in [3.05, 3.63) is 24.0 Å². The maximum Gasteiger partial charge on any atom is 0.414 e. The number of rotatable bonds is 6. The number of nitrogens with zero attached hydrogens (tertiary/aromatic N) is 3. The lowest BCUT2D eigenvalue weighted by Crippen LogP contribution is -2.46. The van der Waals surface area contributed by atoms with Crippen LogP contribution in [0.1, 0.15) is 13.3 Å². The molecule has 2 aliphatic heterocycles. The average molecular weight is 394 g/mol. The van der Waals surface area contributed by atoms with Gasteiger partial charge in [-0.05, 0) is 24.6 Å². The lowest BCUT2D eigenvalue weighted by atomic mass is 10.2. The third-order valence-electron chi connectivity index (χ3n) is 4.77. The first-order chi connectivity index (χ1) is 13.0. The number of thiocarbonyl (C=S) groups is 1. The average Bonchev–Trinajstić information content (AvgIpc) is 3.06. The van der Waals surface area contributed by atoms with Gasteiger partial charge in [-0.2, -0.15) is 0 Å². The molecule has 2 amide bonds. The van der Waals surface area contributed by atoms with E-state index in [4.69, 9.17) is 17.0 Å². The first-order valence-electron chi connectivity index (χ1n) is 9.00. The molecule has 9 heteroatoms. The van der Waals surface area contributed by atoms with E-state index in [1.807, 2.05) is 11.8 Å². The number of benzene rings is 1. The molecule has 0 saturated carbocycles. The van der Waals surface area contributed by atoms with Crippen molar-refractivity contribution >= 4 is 41.1 Å². The number of carbonyl (C=O) groups excluding carboxylic acids is 2. The summed E-state index contributed by atoms with van der Waals surface area (Å²) < 4.78 is 20.0. The van der Waals surface area contributed by atoms with Crippen LogP contribution in [0.3, 0.4) is 0 Å². The molecule has 0 radical (unpaired) electrons. The molecule has 27 heavy (non-hydrogen) atoms. The number of hydrogen-bond donors (Lipinski definition) is 1. The van der Waals surface area contributed by atoms with Crippen LogP contribution in [0, 0.1) is 5.82 Å². The number of piperazine rings is 1. The van der Waals surface area contributed by atoms with Crippen molar-refractivity contribution in [3.8, 4) is 0 Å². The summed E-state index contributed by atoms with van der Waals surface area (Å²) in [4.78, 5) is 28.6. The van der Waals surface area contributed by atoms with Gasteiger partial charge in [-0.15, -0.1) is 0 Å². The minimum Gasteiger partial charge on any atom is -0.442 e. The molecular weight excluding hydrogens is 371 g/mol. The van der Waals surface area contributed by atoms with E-state index >= 15 is 0 Å². The molecule has 0 bridgehead atoms. The first-order valence-corrected chi connectivity index (χ1v) is 9.41. The van der Waals surface area contributed by atoms with Gasteiger partial charge in [0.15, 0.2) is 0 Å². The molecule has 0 aromatic heterocycles. The van der Waals surface area contributed by atoms with Gasteiger partial charge < -0.3 is 19.9 Å². The molecule has 3 rings (SSSR count). The fourth-order valence-corrected chi connectivity index (χ4v) is 3.26. The van der Waals surface area contributed by atoms with Gasteiger partial charge in [-0.25, -0.2) is 9.18 Å². The molecule has 1 aromatic rings. The number of amides is 2. The van der Waals surface area contributed by atoms with Gasteiger partial charge in [0.05, 0.1) is 29.5 Å². The Morgan fingerprint density at radius 2 is 2.11 bits per heavy atom. The molecular formula is C18H23FN4O3S. The minimum atomic E-state index is -0.490. The Hall–Kier alpha value is -2.42. The molecule has 1 atom stereocenters. The molecule has 0 aliphatic carbocycles. The van der Waals surface area contributed by atoms with E-state index in [-0.39, 0.29) is 6.10 Å². The summed E-state index contributed by atoms with van der Waals surface area (Å²) in [5, 5.41) is 3.06. The van der Waals surface area contributed by atoms with Crippen LogP contribution >= 0.6 is 12.2 Å². The Labute approximate surface area is 163 Å². The summed E-state index contributed by atoms with van der Waals surface area (Å²) in [6.07, 6.45) is 0.721. The maximum absolute atomic E-state index is 14.7. The SMILES string of the molecule is CCC(=S)NCC1CN(c2ccc(N3CCN(C=O)CC3)c(F)c2)C(=O)O1. The van der Waals surface area contributed by atoms with Crippen molar-refractivity contribution < 1.29 is 18.7 Å². The molecule has 2 heterocycles. The summed E-state index contributed by atoms with van der Waals surface area (Å²) in [5.41, 5.74) is 0.941. The number of ether oxygens (including phenoxy) is 1. The van der Waals surface area contributed by atoms with E-state index in [0.29, 0.717) is 50.6 Å². The summed E-state index contributed by atoms with van der Waals surface area (Å²) in [6, 6.07) is 4.75. The van der Waals surface area contributed by atoms with E-state index in [1.165, 1.54) is 11.0 Å². The van der Waals surface area contributed by atoms with E-state index in [2.05, 4.69) is 5.32 Å². The van der Waals surface area contributed by atoms with Gasteiger partial charge >= 0.3 is 6.09 Å². The zero-order valence-electron chi connectivity index (χ0n) is 15.2. The number of carbonyl (C=O) groups is 2. The van der Waals surface area contributed by atoms with Crippen molar-refractivity contribution in [2.45, 2.75) is 19.4 Å². The summed E-state index contributed by atoms with van der Waals surface area (Å²) in [5.74, 6) is -0.395. The predicted octanol–water partition coefficient (Wildman–Crippen LogP) is 1.76. The molecule has 2 saturated heterocycles. The zero-order chi connectivity index (χ0) is 19.4. The lowest BCUT2D eigenvalue weighted by Gasteiger charge is -2.34. The predicted molar refractivity (Wildman–Crippen MR) is 105 cm³/mol. The Balaban J connectivity index is 1.64. The lowest BCUT2D eigenvalue weighted by molar-refractivity contribution is -0.118. The number of nitrogens with one attached hydrogen (secondary N) is 1. The highest BCUT2D eigenvalue weighted by Crippen LogP contribution is 2.28. The molecule has 1 N–H and O–H groups in total. The quantitative estimate of drug-likeness (QED) is 0.586. The zero-order valence-corrected chi connectivity index (χ0v) is 16.0. The number of cyclic esters (lactones) is 1. The third-order valence-corrected chi connectivity index (χ3v) is 5.20. The minimum absolute atomic E-state index is 0.332. The largest absolute Gasteiger partial charge is 0.442 e. The molecule has 0 spiro atoms. The molecule has 146 valence electrons. The normalized spacial score (nSPS) is 19.9. The Bertz CT molecular complexity index is 725. The van der Waals surface area contributed by atoms with Gasteiger partial charge in [0.1, 0.15) is 11.9 Å². The molecule has 7 nitrogen and oxygen atoms in total. The van der Waals surface area contributed by atoms with Crippen molar-refractivity contribution in [1.82, 2.24) is 10.2 Å².